The summed E-state index contributed by atoms with van der Waals surface area (Å²) in [7, 11) is 0. The van der Waals surface area contributed by atoms with E-state index in [2.05, 4.69) is 25.7 Å². The van der Waals surface area contributed by atoms with Gasteiger partial charge in [0.15, 0.2) is 0 Å². The summed E-state index contributed by atoms with van der Waals surface area (Å²) in [6.45, 7) is 8.88. The van der Waals surface area contributed by atoms with Crippen molar-refractivity contribution in [3.8, 4) is 0 Å². The van der Waals surface area contributed by atoms with Crippen LogP contribution in [0.15, 0.2) is 0 Å². The second kappa shape index (κ2) is 5.33. The first kappa shape index (κ1) is 18.1. The number of aliphatic hydroxyl groups is 2. The lowest BCUT2D eigenvalue weighted by Crippen LogP contribution is -2.75. The number of hydrogen-bond acceptors (Lipinski definition) is 5. The van der Waals surface area contributed by atoms with Crippen LogP contribution >= 0.6 is 0 Å². The van der Waals surface area contributed by atoms with Crippen molar-refractivity contribution in [1.82, 2.24) is 4.90 Å². The monoisotopic (exact) mass is 389 g/mol. The first-order valence-electron chi connectivity index (χ1n) is 11.7. The lowest BCUT2D eigenvalue weighted by atomic mass is 9.40. The highest BCUT2D eigenvalue weighted by Gasteiger charge is 2.83. The number of piperidine rings is 1. The maximum atomic E-state index is 13.1. The Morgan fingerprint density at radius 3 is 2.75 bits per heavy atom. The van der Waals surface area contributed by atoms with Crippen molar-refractivity contribution in [2.45, 2.75) is 83.1 Å². The van der Waals surface area contributed by atoms with Crippen molar-refractivity contribution in [1.29, 1.82) is 0 Å². The van der Waals surface area contributed by atoms with Crippen molar-refractivity contribution in [2.24, 2.45) is 40.4 Å². The molecule has 2 N–H and O–H groups in total. The Hall–Kier alpha value is -0.650. The molecule has 4 aliphatic carbocycles. The van der Waals surface area contributed by atoms with Crippen LogP contribution in [0, 0.1) is 40.4 Å². The molecule has 0 aromatic rings. The normalized spacial score (nSPS) is 61.8. The van der Waals surface area contributed by atoms with Gasteiger partial charge < -0.3 is 14.9 Å². The number of rotatable bonds is 2. The Kier molecular flexibility index (Phi) is 3.46. The molecule has 0 radical (unpaired) electrons. The SMILES string of the molecule is CC[C@H]1CC[C@@]2(C)CN(CC)[C@H]3[C@@H]4[C@@H](O)[C@H]2[C@@]13[C@@H]1C[C@@H]2CC[C@@]4(O)[C@H]1C(=O)O2. The van der Waals surface area contributed by atoms with Crippen LogP contribution in [0.4, 0.5) is 0 Å². The molecule has 1 spiro atoms. The molecule has 7 aliphatic rings. The number of aliphatic hydroxyl groups excluding tert-OH is 1. The lowest BCUT2D eigenvalue weighted by Gasteiger charge is -2.69. The highest BCUT2D eigenvalue weighted by atomic mass is 16.5. The molecule has 7 fully saturated rings. The predicted molar refractivity (Wildman–Crippen MR) is 103 cm³/mol. The molecule has 5 heteroatoms. The quantitative estimate of drug-likeness (QED) is 0.709. The van der Waals surface area contributed by atoms with Crippen LogP contribution in [0.5, 0.6) is 0 Å². The zero-order chi connectivity index (χ0) is 19.6. The van der Waals surface area contributed by atoms with E-state index in [9.17, 15) is 15.0 Å². The molecule has 0 aromatic carbocycles. The van der Waals surface area contributed by atoms with Crippen LogP contribution in [0.25, 0.3) is 0 Å². The van der Waals surface area contributed by atoms with E-state index in [1.165, 1.54) is 6.42 Å². The molecule has 28 heavy (non-hydrogen) atoms. The van der Waals surface area contributed by atoms with Gasteiger partial charge in [-0.1, -0.05) is 27.2 Å². The molecule has 0 amide bonds. The number of carbonyl (C=O) groups excluding carboxylic acids is 1. The van der Waals surface area contributed by atoms with Crippen LogP contribution in [0.1, 0.15) is 59.3 Å². The molecular formula is C23H35NO4. The number of nitrogens with zero attached hydrogens (tertiary/aromatic N) is 1. The van der Waals surface area contributed by atoms with Gasteiger partial charge in [-0.3, -0.25) is 9.69 Å². The Labute approximate surface area is 167 Å². The summed E-state index contributed by atoms with van der Waals surface area (Å²) < 4.78 is 5.78. The minimum atomic E-state index is -1.11. The number of fused-ring (bicyclic) bond motifs is 2. The minimum Gasteiger partial charge on any atom is -0.462 e. The van der Waals surface area contributed by atoms with E-state index in [1.54, 1.807) is 0 Å². The van der Waals surface area contributed by atoms with Gasteiger partial charge in [0, 0.05) is 18.5 Å². The highest BCUT2D eigenvalue weighted by Crippen LogP contribution is 2.78. The average molecular weight is 390 g/mol. The van der Waals surface area contributed by atoms with Crippen LogP contribution in [-0.2, 0) is 9.53 Å². The molecule has 0 unspecified atom stereocenters. The Balaban J connectivity index is 1.66. The molecule has 4 saturated carbocycles. The standard InChI is InChI=1S/C23H35NO4/c1-4-12-6-8-21(3)11-24(5-2)19-16-17(25)18(21)23(12,19)14-10-13-7-9-22(16,27)15(14)20(26)28-13/h12-19,25,27H,4-11H2,1-3H3/t12-,13-,14+,15+,16-,17+,18+,19-,21-,22+,23-/m0/s1. The molecule has 11 atom stereocenters. The number of esters is 1. The summed E-state index contributed by atoms with van der Waals surface area (Å²) in [5, 5.41) is 24.0. The molecule has 0 aromatic heterocycles. The molecule has 3 saturated heterocycles. The van der Waals surface area contributed by atoms with Crippen molar-refractivity contribution in [2.75, 3.05) is 13.1 Å². The summed E-state index contributed by atoms with van der Waals surface area (Å²) >= 11 is 0. The maximum Gasteiger partial charge on any atom is 0.312 e. The molecule has 156 valence electrons. The van der Waals surface area contributed by atoms with Crippen molar-refractivity contribution in [3.05, 3.63) is 0 Å². The van der Waals surface area contributed by atoms with Gasteiger partial charge in [0.2, 0.25) is 0 Å². The molecule has 3 heterocycles. The van der Waals surface area contributed by atoms with Gasteiger partial charge >= 0.3 is 5.97 Å². The van der Waals surface area contributed by atoms with Gasteiger partial charge in [0.1, 0.15) is 6.10 Å². The first-order valence-corrected chi connectivity index (χ1v) is 11.7. The molecule has 9 bridgehead atoms. The van der Waals surface area contributed by atoms with Crippen LogP contribution in [0.2, 0.25) is 0 Å². The number of ether oxygens (including phenoxy) is 1. The minimum absolute atomic E-state index is 0.0462. The summed E-state index contributed by atoms with van der Waals surface area (Å²) in [5.74, 6) is 0.0163. The largest absolute Gasteiger partial charge is 0.462 e. The van der Waals surface area contributed by atoms with Crippen LogP contribution in [0.3, 0.4) is 0 Å². The third-order valence-electron chi connectivity index (χ3n) is 10.6. The topological polar surface area (TPSA) is 70.0 Å². The number of likely N-dealkylation sites (tertiary alicyclic amines) is 1. The maximum absolute atomic E-state index is 13.1. The van der Waals surface area contributed by atoms with Crippen molar-refractivity contribution >= 4 is 5.97 Å². The average Bonchev–Trinajstić information content (AvgIpc) is 2.73. The highest BCUT2D eigenvalue weighted by molar-refractivity contribution is 5.77. The van der Waals surface area contributed by atoms with Gasteiger partial charge in [-0.15, -0.1) is 0 Å². The van der Waals surface area contributed by atoms with Gasteiger partial charge in [-0.2, -0.15) is 0 Å². The van der Waals surface area contributed by atoms with E-state index in [-0.39, 0.29) is 46.7 Å². The van der Waals surface area contributed by atoms with Gasteiger partial charge in [-0.25, -0.2) is 0 Å². The van der Waals surface area contributed by atoms with E-state index in [0.29, 0.717) is 12.3 Å². The van der Waals surface area contributed by atoms with Gasteiger partial charge in [-0.05, 0) is 67.2 Å². The molecule has 7 rings (SSSR count). The fraction of sp³-hybridized carbons (Fsp3) is 0.957. The fourth-order valence-corrected chi connectivity index (χ4v) is 10.1. The Bertz CT molecular complexity index is 727. The van der Waals surface area contributed by atoms with E-state index in [0.717, 1.165) is 38.8 Å². The summed E-state index contributed by atoms with van der Waals surface area (Å²) in [5.41, 5.74) is -1.10. The van der Waals surface area contributed by atoms with E-state index in [1.807, 2.05) is 0 Å². The predicted octanol–water partition coefficient (Wildman–Crippen LogP) is 2.20. The summed E-state index contributed by atoms with van der Waals surface area (Å²) in [6, 6.07) is 0.201. The van der Waals surface area contributed by atoms with Crippen molar-refractivity contribution in [3.63, 3.8) is 0 Å². The van der Waals surface area contributed by atoms with Crippen LogP contribution in [-0.4, -0.2) is 58.0 Å². The van der Waals surface area contributed by atoms with E-state index < -0.39 is 17.6 Å². The van der Waals surface area contributed by atoms with E-state index >= 15 is 0 Å². The lowest BCUT2D eigenvalue weighted by molar-refractivity contribution is -0.254. The third-order valence-corrected chi connectivity index (χ3v) is 10.6. The Morgan fingerprint density at radius 1 is 1.25 bits per heavy atom. The molecular weight excluding hydrogens is 354 g/mol. The van der Waals surface area contributed by atoms with Crippen LogP contribution < -0.4 is 0 Å². The third kappa shape index (κ3) is 1.69. The smallest absolute Gasteiger partial charge is 0.312 e. The molecule has 3 aliphatic heterocycles. The zero-order valence-corrected chi connectivity index (χ0v) is 17.4. The van der Waals surface area contributed by atoms with E-state index in [4.69, 9.17) is 4.74 Å². The molecule has 5 nitrogen and oxygen atoms in total. The van der Waals surface area contributed by atoms with Crippen molar-refractivity contribution < 1.29 is 19.7 Å². The number of carbonyl (C=O) groups is 1. The van der Waals surface area contributed by atoms with Gasteiger partial charge in [0.05, 0.1) is 17.6 Å². The second-order valence-electron chi connectivity index (χ2n) is 11.2. The number of hydrogen-bond donors (Lipinski definition) is 2. The first-order chi connectivity index (χ1) is 13.3. The Morgan fingerprint density at radius 2 is 2.04 bits per heavy atom. The summed E-state index contributed by atoms with van der Waals surface area (Å²) in [6.07, 6.45) is 5.10. The second-order valence-corrected chi connectivity index (χ2v) is 11.2. The fourth-order valence-electron chi connectivity index (χ4n) is 10.1. The van der Waals surface area contributed by atoms with Gasteiger partial charge in [0.25, 0.3) is 0 Å². The zero-order valence-electron chi connectivity index (χ0n) is 17.4. The summed E-state index contributed by atoms with van der Waals surface area (Å²) in [4.78, 5) is 15.7.